The zero-order valence-electron chi connectivity index (χ0n) is 14.3. The summed E-state index contributed by atoms with van der Waals surface area (Å²) in [6.45, 7) is 1.53. The standard InChI is InChI=1S/C17H17N3O4S2/c1-11-10-25-17(23)20(11)8-16(22)24-9-15(21)19(2)7-14-18-12-5-3-4-6-13(12)26-14/h3-6,10H,7-9H2,1-2H3. The van der Waals surface area contributed by atoms with Gasteiger partial charge in [-0.3, -0.25) is 19.0 Å². The average molecular weight is 391 g/mol. The molecule has 0 saturated heterocycles. The van der Waals surface area contributed by atoms with Gasteiger partial charge >= 0.3 is 10.8 Å². The SMILES string of the molecule is Cc1csc(=O)n1CC(=O)OCC(=O)N(C)Cc1nc2ccccc2s1. The fourth-order valence-corrected chi connectivity index (χ4v) is 4.06. The Balaban J connectivity index is 1.52. The van der Waals surface area contributed by atoms with E-state index in [9.17, 15) is 14.4 Å². The Morgan fingerprint density at radius 1 is 1.31 bits per heavy atom. The normalized spacial score (nSPS) is 10.8. The number of aromatic nitrogens is 2. The molecule has 0 N–H and O–H groups in total. The Kier molecular flexibility index (Phi) is 5.48. The van der Waals surface area contributed by atoms with Crippen LogP contribution in [-0.2, 0) is 27.4 Å². The van der Waals surface area contributed by atoms with Gasteiger partial charge in [0.15, 0.2) is 6.61 Å². The van der Waals surface area contributed by atoms with Crippen molar-refractivity contribution in [2.24, 2.45) is 0 Å². The number of nitrogens with zero attached hydrogens (tertiary/aromatic N) is 3. The topological polar surface area (TPSA) is 81.5 Å². The Morgan fingerprint density at radius 3 is 2.77 bits per heavy atom. The lowest BCUT2D eigenvalue weighted by molar-refractivity contribution is -0.152. The van der Waals surface area contributed by atoms with E-state index in [1.807, 2.05) is 24.3 Å². The summed E-state index contributed by atoms with van der Waals surface area (Å²) in [5.74, 6) is -0.942. The molecule has 3 aromatic rings. The van der Waals surface area contributed by atoms with Crippen LogP contribution in [0, 0.1) is 6.92 Å². The van der Waals surface area contributed by atoms with E-state index in [1.165, 1.54) is 20.8 Å². The lowest BCUT2D eigenvalue weighted by Crippen LogP contribution is -2.32. The molecule has 1 amide bonds. The van der Waals surface area contributed by atoms with Crippen LogP contribution < -0.4 is 4.87 Å². The van der Waals surface area contributed by atoms with Crippen molar-refractivity contribution in [1.82, 2.24) is 14.5 Å². The molecule has 0 aliphatic carbocycles. The van der Waals surface area contributed by atoms with Gasteiger partial charge < -0.3 is 9.64 Å². The predicted octanol–water partition coefficient (Wildman–Crippen LogP) is 2.03. The fraction of sp³-hybridized carbons (Fsp3) is 0.294. The molecule has 2 heterocycles. The first-order chi connectivity index (χ1) is 12.4. The van der Waals surface area contributed by atoms with E-state index < -0.39 is 5.97 Å². The monoisotopic (exact) mass is 391 g/mol. The molecule has 0 radical (unpaired) electrons. The largest absolute Gasteiger partial charge is 0.454 e. The molecule has 0 aliphatic rings. The van der Waals surface area contributed by atoms with E-state index in [1.54, 1.807) is 19.4 Å². The van der Waals surface area contributed by atoms with Gasteiger partial charge in [0.2, 0.25) is 0 Å². The van der Waals surface area contributed by atoms with Crippen LogP contribution in [0.4, 0.5) is 0 Å². The van der Waals surface area contributed by atoms with Gasteiger partial charge in [0.25, 0.3) is 5.91 Å². The van der Waals surface area contributed by atoms with Gasteiger partial charge in [-0.2, -0.15) is 0 Å². The molecule has 26 heavy (non-hydrogen) atoms. The summed E-state index contributed by atoms with van der Waals surface area (Å²) in [6.07, 6.45) is 0. The molecule has 0 aliphatic heterocycles. The number of benzene rings is 1. The second kappa shape index (κ2) is 7.79. The van der Waals surface area contributed by atoms with Crippen LogP contribution >= 0.6 is 22.7 Å². The average Bonchev–Trinajstić information content (AvgIpc) is 3.16. The molecule has 0 saturated carbocycles. The maximum atomic E-state index is 12.2. The molecule has 1 aromatic carbocycles. The summed E-state index contributed by atoms with van der Waals surface area (Å²) in [5.41, 5.74) is 1.59. The minimum absolute atomic E-state index is 0.191. The van der Waals surface area contributed by atoms with E-state index in [0.29, 0.717) is 12.2 Å². The van der Waals surface area contributed by atoms with Crippen LogP contribution in [0.1, 0.15) is 10.7 Å². The number of carbonyl (C=O) groups excluding carboxylic acids is 2. The van der Waals surface area contributed by atoms with E-state index in [4.69, 9.17) is 4.74 Å². The fourth-order valence-electron chi connectivity index (χ4n) is 2.30. The first-order valence-corrected chi connectivity index (χ1v) is 9.52. The summed E-state index contributed by atoms with van der Waals surface area (Å²) >= 11 is 2.55. The molecule has 0 fully saturated rings. The van der Waals surface area contributed by atoms with E-state index in [-0.39, 0.29) is 23.9 Å². The molecule has 9 heteroatoms. The van der Waals surface area contributed by atoms with Crippen LogP contribution in [0.25, 0.3) is 10.2 Å². The summed E-state index contributed by atoms with van der Waals surface area (Å²) in [5, 5.41) is 2.49. The molecule has 3 rings (SSSR count). The van der Waals surface area contributed by atoms with Crippen LogP contribution in [0.3, 0.4) is 0 Å². The van der Waals surface area contributed by atoms with Crippen molar-refractivity contribution >= 4 is 44.8 Å². The number of fused-ring (bicyclic) bond motifs is 1. The maximum absolute atomic E-state index is 12.2. The number of thiazole rings is 2. The number of ether oxygens (including phenoxy) is 1. The van der Waals surface area contributed by atoms with Crippen molar-refractivity contribution in [2.75, 3.05) is 13.7 Å². The highest BCUT2D eigenvalue weighted by atomic mass is 32.1. The number of hydrogen-bond acceptors (Lipinski definition) is 7. The first kappa shape index (κ1) is 18.3. The molecule has 2 aromatic heterocycles. The van der Waals surface area contributed by atoms with Gasteiger partial charge in [0.1, 0.15) is 11.6 Å². The zero-order valence-corrected chi connectivity index (χ0v) is 15.9. The molecule has 0 unspecified atom stereocenters. The second-order valence-corrected chi connectivity index (χ2v) is 7.65. The predicted molar refractivity (Wildman–Crippen MR) is 100 cm³/mol. The zero-order chi connectivity index (χ0) is 18.7. The smallest absolute Gasteiger partial charge is 0.326 e. The number of para-hydroxylation sites is 1. The summed E-state index contributed by atoms with van der Waals surface area (Å²) in [7, 11) is 1.63. The van der Waals surface area contributed by atoms with Gasteiger partial charge in [-0.05, 0) is 19.1 Å². The maximum Gasteiger partial charge on any atom is 0.326 e. The number of likely N-dealkylation sites (N-methyl/N-ethyl adjacent to an activating group) is 1. The minimum atomic E-state index is -0.615. The van der Waals surface area contributed by atoms with Crippen LogP contribution in [-0.4, -0.2) is 40.0 Å². The Hall–Kier alpha value is -2.52. The first-order valence-electron chi connectivity index (χ1n) is 7.83. The van der Waals surface area contributed by atoms with Crippen molar-refractivity contribution in [3.8, 4) is 0 Å². The summed E-state index contributed by atoms with van der Waals surface area (Å²) < 4.78 is 7.39. The van der Waals surface area contributed by atoms with Crippen LogP contribution in [0.15, 0.2) is 34.4 Å². The molecule has 0 spiro atoms. The van der Waals surface area contributed by atoms with Gasteiger partial charge in [-0.15, -0.1) is 11.3 Å². The van der Waals surface area contributed by atoms with Gasteiger partial charge in [-0.25, -0.2) is 4.98 Å². The number of amides is 1. The summed E-state index contributed by atoms with van der Waals surface area (Å²) in [4.78, 5) is 41.3. The molecule has 136 valence electrons. The number of aryl methyl sites for hydroxylation is 1. The van der Waals surface area contributed by atoms with Crippen molar-refractivity contribution in [3.63, 3.8) is 0 Å². The van der Waals surface area contributed by atoms with Crippen LogP contribution in [0.2, 0.25) is 0 Å². The lowest BCUT2D eigenvalue weighted by Gasteiger charge is -2.15. The Bertz CT molecular complexity index is 972. The molecular formula is C17H17N3O4S2. The van der Waals surface area contributed by atoms with Gasteiger partial charge in [-0.1, -0.05) is 23.5 Å². The molecular weight excluding hydrogens is 374 g/mol. The third kappa shape index (κ3) is 4.17. The number of esters is 1. The van der Waals surface area contributed by atoms with E-state index >= 15 is 0 Å². The lowest BCUT2D eigenvalue weighted by atomic mass is 10.3. The number of rotatable bonds is 6. The second-order valence-electron chi connectivity index (χ2n) is 5.71. The Morgan fingerprint density at radius 2 is 2.08 bits per heavy atom. The highest BCUT2D eigenvalue weighted by Crippen LogP contribution is 2.22. The van der Waals surface area contributed by atoms with Gasteiger partial charge in [0, 0.05) is 18.1 Å². The van der Waals surface area contributed by atoms with Gasteiger partial charge in [0.05, 0.1) is 16.8 Å². The quantitative estimate of drug-likeness (QED) is 0.601. The van der Waals surface area contributed by atoms with Crippen LogP contribution in [0.5, 0.6) is 0 Å². The Labute approximate surface area is 157 Å². The minimum Gasteiger partial charge on any atom is -0.454 e. The highest BCUT2D eigenvalue weighted by Gasteiger charge is 2.16. The third-order valence-electron chi connectivity index (χ3n) is 3.76. The third-order valence-corrected chi connectivity index (χ3v) is 5.66. The number of hydrogen-bond donors (Lipinski definition) is 0. The number of carbonyl (C=O) groups is 2. The van der Waals surface area contributed by atoms with Crippen molar-refractivity contribution < 1.29 is 14.3 Å². The summed E-state index contributed by atoms with van der Waals surface area (Å²) in [6, 6.07) is 7.77. The van der Waals surface area contributed by atoms with Crippen molar-refractivity contribution in [3.05, 3.63) is 50.0 Å². The molecule has 0 atom stereocenters. The van der Waals surface area contributed by atoms with E-state index in [0.717, 1.165) is 26.6 Å². The van der Waals surface area contributed by atoms with Crippen molar-refractivity contribution in [2.45, 2.75) is 20.0 Å². The molecule has 7 nitrogen and oxygen atoms in total. The van der Waals surface area contributed by atoms with E-state index in [2.05, 4.69) is 4.98 Å². The molecule has 0 bridgehead atoms. The highest BCUT2D eigenvalue weighted by molar-refractivity contribution is 7.18. The van der Waals surface area contributed by atoms with Crippen molar-refractivity contribution in [1.29, 1.82) is 0 Å².